The minimum atomic E-state index is -0.0337. The summed E-state index contributed by atoms with van der Waals surface area (Å²) in [6, 6.07) is 7.50. The monoisotopic (exact) mass is 437 g/mol. The fourth-order valence-electron chi connectivity index (χ4n) is 4.94. The van der Waals surface area contributed by atoms with E-state index in [9.17, 15) is 4.79 Å². The lowest BCUT2D eigenvalue weighted by Gasteiger charge is -2.35. The molecule has 0 saturated carbocycles. The summed E-state index contributed by atoms with van der Waals surface area (Å²) in [5, 5.41) is 5.50. The van der Waals surface area contributed by atoms with E-state index in [0.29, 0.717) is 10.6 Å². The first-order valence-electron chi connectivity index (χ1n) is 11.2. The van der Waals surface area contributed by atoms with Crippen molar-refractivity contribution in [2.75, 3.05) is 24.5 Å². The topological polar surface area (TPSA) is 53.7 Å². The van der Waals surface area contributed by atoms with Crippen LogP contribution in [0.25, 0.3) is 5.65 Å². The number of likely N-dealkylation sites (tertiary alicyclic amines) is 1. The number of carbonyl (C=O) groups excluding carboxylic acids is 1. The molecule has 6 nitrogen and oxygen atoms in total. The van der Waals surface area contributed by atoms with Crippen molar-refractivity contribution in [3.8, 4) is 0 Å². The van der Waals surface area contributed by atoms with Crippen LogP contribution in [0.4, 0.5) is 5.82 Å². The fraction of sp³-hybridized carbons (Fsp3) is 0.458. The van der Waals surface area contributed by atoms with Crippen LogP contribution in [-0.2, 0) is 0 Å². The molecule has 2 aromatic heterocycles. The predicted octanol–water partition coefficient (Wildman–Crippen LogP) is 4.97. The summed E-state index contributed by atoms with van der Waals surface area (Å²) < 4.78 is 1.87. The molecule has 3 aromatic rings. The van der Waals surface area contributed by atoms with Crippen LogP contribution in [0, 0.1) is 13.8 Å². The number of anilines is 1. The maximum absolute atomic E-state index is 13.4. The van der Waals surface area contributed by atoms with Gasteiger partial charge < -0.3 is 9.80 Å². The van der Waals surface area contributed by atoms with Gasteiger partial charge in [-0.3, -0.25) is 4.79 Å². The molecule has 0 spiro atoms. The van der Waals surface area contributed by atoms with Crippen LogP contribution in [0.3, 0.4) is 0 Å². The molecule has 4 heterocycles. The molecule has 2 aliphatic heterocycles. The molecule has 2 aliphatic rings. The first-order chi connectivity index (χ1) is 15.0. The maximum atomic E-state index is 13.4. The van der Waals surface area contributed by atoms with Gasteiger partial charge in [0.25, 0.3) is 5.91 Å². The lowest BCUT2D eigenvalue weighted by Crippen LogP contribution is -2.39. The highest BCUT2D eigenvalue weighted by molar-refractivity contribution is 6.30. The number of halogens is 1. The normalized spacial score (nSPS) is 19.4. The van der Waals surface area contributed by atoms with Crippen LogP contribution in [0.5, 0.6) is 0 Å². The average Bonchev–Trinajstić information content (AvgIpc) is 3.42. The van der Waals surface area contributed by atoms with Crippen molar-refractivity contribution in [3.63, 3.8) is 0 Å². The van der Waals surface area contributed by atoms with Gasteiger partial charge >= 0.3 is 0 Å². The molecule has 0 radical (unpaired) electrons. The van der Waals surface area contributed by atoms with E-state index in [1.165, 1.54) is 12.8 Å². The summed E-state index contributed by atoms with van der Waals surface area (Å²) in [5.41, 5.74) is 4.53. The third kappa shape index (κ3) is 3.78. The minimum Gasteiger partial charge on any atom is -0.356 e. The van der Waals surface area contributed by atoms with E-state index in [4.69, 9.17) is 21.7 Å². The molecular formula is C24H28ClN5O. The maximum Gasteiger partial charge on any atom is 0.254 e. The molecule has 162 valence electrons. The van der Waals surface area contributed by atoms with Crippen molar-refractivity contribution in [1.82, 2.24) is 19.5 Å². The van der Waals surface area contributed by atoms with Crippen LogP contribution in [0.1, 0.15) is 65.3 Å². The summed E-state index contributed by atoms with van der Waals surface area (Å²) in [7, 11) is 0. The zero-order valence-electron chi connectivity index (χ0n) is 18.1. The molecule has 31 heavy (non-hydrogen) atoms. The summed E-state index contributed by atoms with van der Waals surface area (Å²) in [6.45, 7) is 6.91. The molecule has 0 aliphatic carbocycles. The van der Waals surface area contributed by atoms with E-state index >= 15 is 0 Å². The number of hydrogen-bond acceptors (Lipinski definition) is 4. The summed E-state index contributed by atoms with van der Waals surface area (Å²) >= 11 is 6.10. The summed E-state index contributed by atoms with van der Waals surface area (Å²) in [4.78, 5) is 22.7. The van der Waals surface area contributed by atoms with Crippen molar-refractivity contribution in [2.24, 2.45) is 0 Å². The van der Waals surface area contributed by atoms with Crippen LogP contribution < -0.4 is 4.90 Å². The Hall–Kier alpha value is -2.60. The van der Waals surface area contributed by atoms with E-state index in [1.54, 1.807) is 6.07 Å². The molecule has 1 atom stereocenters. The van der Waals surface area contributed by atoms with Crippen LogP contribution in [-0.4, -0.2) is 45.0 Å². The number of aromatic nitrogens is 3. The van der Waals surface area contributed by atoms with Gasteiger partial charge in [-0.25, -0.2) is 9.50 Å². The number of rotatable bonds is 3. The number of aryl methyl sites for hydroxylation is 2. The lowest BCUT2D eigenvalue weighted by molar-refractivity contribution is 0.0605. The average molecular weight is 438 g/mol. The van der Waals surface area contributed by atoms with Crippen molar-refractivity contribution in [1.29, 1.82) is 0 Å². The third-order valence-electron chi connectivity index (χ3n) is 6.55. The standard InChI is InChI=1S/C24H28ClN5O/c1-16-13-18(25)8-9-19(16)24(31)29-12-4-3-7-21(29)20-14-22-26-23(28-10-5-6-11-28)17(2)15-30(22)27-20/h8-9,13-15,21H,3-7,10-12H2,1-2H3. The van der Waals surface area contributed by atoms with Crippen LogP contribution in [0.15, 0.2) is 30.5 Å². The first-order valence-corrected chi connectivity index (χ1v) is 11.6. The Bertz CT molecular complexity index is 1130. The highest BCUT2D eigenvalue weighted by Crippen LogP contribution is 2.33. The Morgan fingerprint density at radius 1 is 1.03 bits per heavy atom. The van der Waals surface area contributed by atoms with Crippen LogP contribution >= 0.6 is 11.6 Å². The Morgan fingerprint density at radius 2 is 1.81 bits per heavy atom. The highest BCUT2D eigenvalue weighted by atomic mass is 35.5. The van der Waals surface area contributed by atoms with Crippen LogP contribution in [0.2, 0.25) is 5.02 Å². The Balaban J connectivity index is 1.49. The minimum absolute atomic E-state index is 0.0337. The smallest absolute Gasteiger partial charge is 0.254 e. The van der Waals surface area contributed by atoms with E-state index in [2.05, 4.69) is 24.1 Å². The zero-order chi connectivity index (χ0) is 21.5. The molecule has 1 amide bonds. The molecule has 5 rings (SSSR count). The SMILES string of the molecule is Cc1cc(Cl)ccc1C(=O)N1CCCCC1c1cc2nc(N3CCCC3)c(C)cn2n1. The van der Waals surface area contributed by atoms with E-state index in [-0.39, 0.29) is 11.9 Å². The molecule has 0 N–H and O–H groups in total. The quantitative estimate of drug-likeness (QED) is 0.580. The van der Waals surface area contributed by atoms with Gasteiger partial charge in [0.2, 0.25) is 0 Å². The van der Waals surface area contributed by atoms with Crippen molar-refractivity contribution in [3.05, 3.63) is 57.9 Å². The van der Waals surface area contributed by atoms with E-state index in [1.807, 2.05) is 28.5 Å². The Labute approximate surface area is 187 Å². The Morgan fingerprint density at radius 3 is 2.58 bits per heavy atom. The van der Waals surface area contributed by atoms with Gasteiger partial charge in [-0.05, 0) is 69.7 Å². The second kappa shape index (κ2) is 8.15. The largest absolute Gasteiger partial charge is 0.356 e. The van der Waals surface area contributed by atoms with Gasteiger partial charge in [0.1, 0.15) is 5.82 Å². The summed E-state index contributed by atoms with van der Waals surface area (Å²) in [5.74, 6) is 1.11. The molecule has 1 aromatic carbocycles. The molecule has 2 saturated heterocycles. The third-order valence-corrected chi connectivity index (χ3v) is 6.79. The second-order valence-electron chi connectivity index (χ2n) is 8.78. The first kappa shape index (κ1) is 20.3. The van der Waals surface area contributed by atoms with Gasteiger partial charge in [0, 0.05) is 48.0 Å². The number of benzene rings is 1. The number of amides is 1. The van der Waals surface area contributed by atoms with Gasteiger partial charge in [-0.1, -0.05) is 11.6 Å². The van der Waals surface area contributed by atoms with Crippen molar-refractivity contribution >= 4 is 29.0 Å². The fourth-order valence-corrected chi connectivity index (χ4v) is 5.16. The molecule has 1 unspecified atom stereocenters. The van der Waals surface area contributed by atoms with Gasteiger partial charge in [-0.2, -0.15) is 5.10 Å². The molecular weight excluding hydrogens is 410 g/mol. The van der Waals surface area contributed by atoms with Crippen molar-refractivity contribution < 1.29 is 4.79 Å². The van der Waals surface area contributed by atoms with Crippen molar-refractivity contribution in [2.45, 2.75) is 52.0 Å². The lowest BCUT2D eigenvalue weighted by atomic mass is 9.97. The summed E-state index contributed by atoms with van der Waals surface area (Å²) in [6.07, 6.45) is 7.53. The molecule has 7 heteroatoms. The number of hydrogen-bond donors (Lipinski definition) is 0. The molecule has 0 bridgehead atoms. The number of piperidine rings is 1. The van der Waals surface area contributed by atoms with E-state index < -0.39 is 0 Å². The van der Waals surface area contributed by atoms with Gasteiger partial charge in [0.05, 0.1) is 11.7 Å². The van der Waals surface area contributed by atoms with Gasteiger partial charge in [-0.15, -0.1) is 0 Å². The highest BCUT2D eigenvalue weighted by Gasteiger charge is 2.31. The number of nitrogens with zero attached hydrogens (tertiary/aromatic N) is 5. The zero-order valence-corrected chi connectivity index (χ0v) is 18.9. The Kier molecular flexibility index (Phi) is 5.34. The molecule has 2 fully saturated rings. The predicted molar refractivity (Wildman–Crippen MR) is 123 cm³/mol. The number of carbonyl (C=O) groups is 1. The number of fused-ring (bicyclic) bond motifs is 1. The second-order valence-corrected chi connectivity index (χ2v) is 9.22. The van der Waals surface area contributed by atoms with Gasteiger partial charge in [0.15, 0.2) is 5.65 Å². The van der Waals surface area contributed by atoms with E-state index in [0.717, 1.165) is 67.2 Å².